The van der Waals surface area contributed by atoms with Gasteiger partial charge in [0.1, 0.15) is 17.6 Å². The summed E-state index contributed by atoms with van der Waals surface area (Å²) in [6.07, 6.45) is 18.1. The predicted octanol–water partition coefficient (Wildman–Crippen LogP) is 11.4. The maximum absolute atomic E-state index is 14.0. The lowest BCUT2D eigenvalue weighted by Gasteiger charge is -2.22. The van der Waals surface area contributed by atoms with Crippen LogP contribution < -0.4 is 33.0 Å². The van der Waals surface area contributed by atoms with E-state index in [9.17, 15) is 42.7 Å². The van der Waals surface area contributed by atoms with Gasteiger partial charge in [0.2, 0.25) is 0 Å². The smallest absolute Gasteiger partial charge is 0.434 e. The summed E-state index contributed by atoms with van der Waals surface area (Å²) < 4.78 is 87.2. The van der Waals surface area contributed by atoms with E-state index in [4.69, 9.17) is 36.8 Å². The first-order valence-electron chi connectivity index (χ1n) is 23.3. The van der Waals surface area contributed by atoms with E-state index >= 15 is 0 Å². The fourth-order valence-corrected chi connectivity index (χ4v) is 10.8. The number of benzene rings is 2. The molecule has 25 heteroatoms. The Morgan fingerprint density at radius 1 is 0.704 bits per heavy atom. The van der Waals surface area contributed by atoms with E-state index in [2.05, 4.69) is 16.2 Å². The van der Waals surface area contributed by atoms with Gasteiger partial charge in [-0.3, -0.25) is 32.7 Å². The summed E-state index contributed by atoms with van der Waals surface area (Å²) in [5, 5.41) is 0. The summed E-state index contributed by atoms with van der Waals surface area (Å²) >= 11 is 0. The molecule has 0 bridgehead atoms. The van der Waals surface area contributed by atoms with Gasteiger partial charge in [-0.1, -0.05) is 135 Å². The molecule has 400 valence electrons. The quantitative estimate of drug-likeness (QED) is 0.00944. The van der Waals surface area contributed by atoms with Gasteiger partial charge in [0.05, 0.1) is 26.4 Å². The highest BCUT2D eigenvalue weighted by molar-refractivity contribution is 7.67. The van der Waals surface area contributed by atoms with Crippen LogP contribution in [0.1, 0.15) is 140 Å². The molecular formula is C46H73N4O18P3. The number of nitrogens with zero attached hydrogens (tertiary/aromatic N) is 1. The van der Waals surface area contributed by atoms with Crippen molar-refractivity contribution in [2.24, 2.45) is 5.92 Å². The Balaban J connectivity index is 0.00000864. The molecule has 5 atom stereocenters. The number of aryl methyl sites for hydroxylation is 1. The first-order chi connectivity index (χ1) is 32.8. The normalized spacial score (nSPS) is 16.8. The number of carbonyl (C=O) groups is 2. The number of aromatic nitrogens is 2. The largest absolute Gasteiger partial charge is 0.513 e. The molecule has 1 aliphatic rings. The topological polar surface area (TPSA) is 334 Å². The van der Waals surface area contributed by atoms with Crippen molar-refractivity contribution in [1.29, 1.82) is 0 Å². The van der Waals surface area contributed by atoms with Crippen LogP contribution in [-0.2, 0) is 63.4 Å². The van der Waals surface area contributed by atoms with Crippen molar-refractivity contribution >= 4 is 35.6 Å². The summed E-state index contributed by atoms with van der Waals surface area (Å²) in [5.74, 6) is -0.0418. The Hall–Kier alpha value is -4.11. The molecule has 4 rings (SSSR count). The lowest BCUT2D eigenvalue weighted by atomic mass is 10.0. The summed E-state index contributed by atoms with van der Waals surface area (Å²) in [5.41, 5.74) is -0.542. The molecule has 0 spiro atoms. The number of carbonyl (C=O) groups excluding carboxylic acids is 2. The molecule has 3 aromatic rings. The second-order valence-electron chi connectivity index (χ2n) is 17.0. The van der Waals surface area contributed by atoms with Crippen LogP contribution in [0.4, 0.5) is 4.79 Å². The van der Waals surface area contributed by atoms with Crippen LogP contribution in [0.15, 0.2) is 76.5 Å². The van der Waals surface area contributed by atoms with E-state index in [-0.39, 0.29) is 48.3 Å². The number of phosphoric ester groups is 2. The number of aromatic amines is 1. The summed E-state index contributed by atoms with van der Waals surface area (Å²) in [7, 11) is -16.5. The van der Waals surface area contributed by atoms with Crippen LogP contribution in [0.3, 0.4) is 0 Å². The number of unbranched alkanes of at least 4 members (excludes halogenated alkanes) is 13. The Bertz CT molecular complexity index is 2360. The average Bonchev–Trinajstić information content (AvgIpc) is 3.76. The van der Waals surface area contributed by atoms with Gasteiger partial charge >= 0.3 is 41.3 Å². The maximum atomic E-state index is 14.0. The van der Waals surface area contributed by atoms with E-state index in [1.807, 2.05) is 13.8 Å². The highest BCUT2D eigenvalue weighted by Gasteiger charge is 2.44. The molecule has 2 aromatic carbocycles. The number of phosphoric acid groups is 3. The van der Waals surface area contributed by atoms with Crippen LogP contribution in [0.5, 0.6) is 11.5 Å². The van der Waals surface area contributed by atoms with Gasteiger partial charge < -0.3 is 41.0 Å². The molecule has 71 heavy (non-hydrogen) atoms. The van der Waals surface area contributed by atoms with E-state index in [1.165, 1.54) is 138 Å². The number of hydrogen-bond donors (Lipinski definition) is 5. The number of hydrogen-bond acceptors (Lipinski definition) is 18. The summed E-state index contributed by atoms with van der Waals surface area (Å²) in [6, 6.07) is 11.5. The lowest BCUT2D eigenvalue weighted by Crippen LogP contribution is -2.33. The zero-order chi connectivity index (χ0) is 50.3. The first kappa shape index (κ1) is 63.0. The minimum Gasteiger partial charge on any atom is -0.434 e. The number of nitrogens with one attached hydrogen (secondary N) is 1. The van der Waals surface area contributed by atoms with E-state index in [1.54, 1.807) is 0 Å². The lowest BCUT2D eigenvalue weighted by molar-refractivity contribution is -0.135. The van der Waals surface area contributed by atoms with Crippen LogP contribution in [0.2, 0.25) is 0 Å². The number of rotatable bonds is 33. The highest BCUT2D eigenvalue weighted by atomic mass is 31.3. The second kappa shape index (κ2) is 32.2. The fourth-order valence-electron chi connectivity index (χ4n) is 6.76. The molecule has 0 saturated heterocycles. The van der Waals surface area contributed by atoms with E-state index in [0.29, 0.717) is 17.5 Å². The van der Waals surface area contributed by atoms with E-state index in [0.717, 1.165) is 23.8 Å². The van der Waals surface area contributed by atoms with Gasteiger partial charge in [0, 0.05) is 18.2 Å². The van der Waals surface area contributed by atoms with Crippen molar-refractivity contribution < 1.29 is 74.2 Å². The number of esters is 1. The molecule has 0 fully saturated rings. The molecule has 1 aliphatic heterocycles. The van der Waals surface area contributed by atoms with Crippen LogP contribution >= 0.6 is 23.5 Å². The van der Waals surface area contributed by atoms with Crippen LogP contribution in [-0.4, -0.2) is 50.8 Å². The Labute approximate surface area is 415 Å². The van der Waals surface area contributed by atoms with Crippen molar-refractivity contribution in [1.82, 2.24) is 21.9 Å². The molecule has 22 nitrogen and oxygen atoms in total. The minimum atomic E-state index is -5.82. The molecule has 0 aliphatic carbocycles. The molecule has 2 heterocycles. The van der Waals surface area contributed by atoms with Gasteiger partial charge in [-0.05, 0) is 60.7 Å². The van der Waals surface area contributed by atoms with Gasteiger partial charge in [-0.2, -0.15) is 8.62 Å². The fraction of sp³-hybridized carbons (Fsp3) is 0.565. The predicted molar refractivity (Wildman–Crippen MR) is 264 cm³/mol. The van der Waals surface area contributed by atoms with E-state index < -0.39 is 79.0 Å². The van der Waals surface area contributed by atoms with Crippen molar-refractivity contribution in [3.63, 3.8) is 0 Å². The Kier molecular flexibility index (Phi) is 28.5. The Morgan fingerprint density at radius 3 is 1.73 bits per heavy atom. The van der Waals surface area contributed by atoms with Gasteiger partial charge in [-0.25, -0.2) is 23.3 Å². The second-order valence-corrected chi connectivity index (χ2v) is 21.8. The third-order valence-electron chi connectivity index (χ3n) is 10.4. The molecular weight excluding hydrogens is 989 g/mol. The van der Waals surface area contributed by atoms with Crippen molar-refractivity contribution in [2.75, 3.05) is 13.2 Å². The molecule has 0 saturated carbocycles. The third kappa shape index (κ3) is 24.9. The average molecular weight is 1060 g/mol. The summed E-state index contributed by atoms with van der Waals surface area (Å²) in [6.45, 7) is 5.75. The van der Waals surface area contributed by atoms with Gasteiger partial charge in [0.15, 0.2) is 6.23 Å². The molecule has 9 N–H and O–H groups in total. The molecule has 0 radical (unpaired) electrons. The zero-order valence-corrected chi connectivity index (χ0v) is 43.8. The number of H-pyrrole nitrogens is 1. The van der Waals surface area contributed by atoms with Gasteiger partial charge in [-0.15, -0.1) is 0 Å². The Morgan fingerprint density at radius 2 is 1.21 bits per heavy atom. The SMILES string of the molecule is CCCCCCCCCCCCCCCCOC(=O)Oc1ccc(COP(=O)(OCc2ccc(OC(=O)CC(C)C)cc2)OP(=O)(O)OP(=O)(O)OC[C@@H]2C=C[C@H](n3cc(C)c(=O)[nH]c3=O)O2)cc1.N.N. The monoisotopic (exact) mass is 1060 g/mol. The zero-order valence-electron chi connectivity index (χ0n) is 41.1. The van der Waals surface area contributed by atoms with Crippen LogP contribution in [0, 0.1) is 12.8 Å². The molecule has 3 unspecified atom stereocenters. The standard InChI is InChI=1S/C46H67N2O18P3.2H3N/c1-5-6-7-8-9-10-11-12-13-14-15-16-17-18-29-58-46(52)64-40-25-21-38(22-26-40)33-61-69(57,60-32-37-19-23-39(24-20-37)63-43(49)30-35(2)3)66-68(55,56)65-67(53,54)59-34-41-27-28-42(62-41)48-31-36(4)44(50)47-45(48)51;;/h19-28,31,35,41-42H,5-18,29-30,32-34H2,1-4H3,(H,53,54)(H,55,56)(H,47,50,51);2*1H3/t41-,42+,69?;;/m0../s1. The number of ether oxygens (including phenoxy) is 4. The summed E-state index contributed by atoms with van der Waals surface area (Å²) in [4.78, 5) is 71.5. The van der Waals surface area contributed by atoms with Gasteiger partial charge in [0.25, 0.3) is 5.56 Å². The van der Waals surface area contributed by atoms with Crippen molar-refractivity contribution in [2.45, 2.75) is 150 Å². The minimum absolute atomic E-state index is 0. The third-order valence-corrected chi connectivity index (χ3v) is 15.0. The van der Waals surface area contributed by atoms with Crippen molar-refractivity contribution in [3.8, 4) is 11.5 Å². The molecule has 0 amide bonds. The van der Waals surface area contributed by atoms with Crippen molar-refractivity contribution in [3.05, 3.63) is 104 Å². The first-order valence-corrected chi connectivity index (χ1v) is 27.8. The molecule has 1 aromatic heterocycles. The highest BCUT2D eigenvalue weighted by Crippen LogP contribution is 2.69. The maximum Gasteiger partial charge on any atom is 0.513 e. The van der Waals surface area contributed by atoms with Crippen LogP contribution in [0.25, 0.3) is 0 Å².